The lowest BCUT2D eigenvalue weighted by molar-refractivity contribution is 0.0775. The van der Waals surface area contributed by atoms with E-state index >= 15 is 0 Å². The first-order chi connectivity index (χ1) is 15.7. The first kappa shape index (κ1) is 21.9. The molecule has 5 rings (SSSR count). The third-order valence-corrected chi connectivity index (χ3v) is 8.47. The number of aromatic nitrogens is 4. The van der Waals surface area contributed by atoms with Crippen LogP contribution < -0.4 is 0 Å². The van der Waals surface area contributed by atoms with Crippen LogP contribution in [0.2, 0.25) is 0 Å². The van der Waals surface area contributed by atoms with Crippen LogP contribution in [0.4, 0.5) is 0 Å². The normalized spacial score (nSPS) is 19.7. The Morgan fingerprint density at radius 3 is 2.48 bits per heavy atom. The minimum Gasteiger partial charge on any atom is -0.336 e. The third-order valence-electron chi connectivity index (χ3n) is 6.71. The van der Waals surface area contributed by atoms with Crippen molar-refractivity contribution in [3.63, 3.8) is 0 Å². The number of rotatable bonds is 6. The maximum atomic E-state index is 13.5. The van der Waals surface area contributed by atoms with Gasteiger partial charge in [-0.25, -0.2) is 13.1 Å². The first-order valence-corrected chi connectivity index (χ1v) is 13.2. The van der Waals surface area contributed by atoms with Gasteiger partial charge in [0.15, 0.2) is 9.84 Å². The van der Waals surface area contributed by atoms with Gasteiger partial charge in [0.25, 0.3) is 5.91 Å². The van der Waals surface area contributed by atoms with Crippen molar-refractivity contribution in [1.29, 1.82) is 0 Å². The average Bonchev–Trinajstić information content (AvgIpc) is 3.36. The lowest BCUT2D eigenvalue weighted by atomic mass is 10.1. The topological polar surface area (TPSA) is 90.1 Å². The minimum atomic E-state index is -3.00. The molecule has 0 bridgehead atoms. The van der Waals surface area contributed by atoms with E-state index in [-0.39, 0.29) is 23.5 Å². The van der Waals surface area contributed by atoms with E-state index in [1.807, 2.05) is 54.9 Å². The van der Waals surface area contributed by atoms with Gasteiger partial charge in [-0.2, -0.15) is 10.2 Å². The SMILES string of the molecule is Cc1nn([C@H]2CCS(=O)(=O)C2)c(C)c1CN(C)C(=O)c1cc(C2CC2)nn1-c1ccccc1. The molecule has 1 aliphatic heterocycles. The summed E-state index contributed by atoms with van der Waals surface area (Å²) in [5.74, 6) is 0.672. The van der Waals surface area contributed by atoms with Gasteiger partial charge in [-0.05, 0) is 51.3 Å². The van der Waals surface area contributed by atoms with Crippen molar-refractivity contribution in [3.05, 3.63) is 64.7 Å². The summed E-state index contributed by atoms with van der Waals surface area (Å²) in [6, 6.07) is 11.5. The monoisotopic (exact) mass is 467 g/mol. The van der Waals surface area contributed by atoms with Gasteiger partial charge in [0.2, 0.25) is 0 Å². The predicted molar refractivity (Wildman–Crippen MR) is 125 cm³/mol. The highest BCUT2D eigenvalue weighted by atomic mass is 32.2. The van der Waals surface area contributed by atoms with E-state index in [9.17, 15) is 13.2 Å². The second-order valence-electron chi connectivity index (χ2n) is 9.29. The molecule has 0 radical (unpaired) electrons. The molecule has 8 nitrogen and oxygen atoms in total. The zero-order valence-corrected chi connectivity index (χ0v) is 20.0. The Bertz CT molecular complexity index is 1310. The van der Waals surface area contributed by atoms with Crippen molar-refractivity contribution in [3.8, 4) is 5.69 Å². The molecule has 0 unspecified atom stereocenters. The third kappa shape index (κ3) is 4.21. The molecule has 33 heavy (non-hydrogen) atoms. The molecule has 0 N–H and O–H groups in total. The van der Waals surface area contributed by atoms with Gasteiger partial charge >= 0.3 is 0 Å². The van der Waals surface area contributed by atoms with E-state index in [0.717, 1.165) is 41.2 Å². The Labute approximate surface area is 194 Å². The number of carbonyl (C=O) groups excluding carboxylic acids is 1. The van der Waals surface area contributed by atoms with Crippen LogP contribution in [0.1, 0.15) is 64.4 Å². The van der Waals surface area contributed by atoms with E-state index in [1.54, 1.807) is 16.6 Å². The van der Waals surface area contributed by atoms with Crippen molar-refractivity contribution >= 4 is 15.7 Å². The zero-order chi connectivity index (χ0) is 23.3. The number of sulfone groups is 1. The van der Waals surface area contributed by atoms with Crippen LogP contribution in [-0.2, 0) is 16.4 Å². The highest BCUT2D eigenvalue weighted by Gasteiger charge is 2.33. The number of hydrogen-bond donors (Lipinski definition) is 0. The summed E-state index contributed by atoms with van der Waals surface area (Å²) in [4.78, 5) is 15.2. The van der Waals surface area contributed by atoms with E-state index < -0.39 is 9.84 Å². The quantitative estimate of drug-likeness (QED) is 0.555. The van der Waals surface area contributed by atoms with Crippen molar-refractivity contribution in [2.45, 2.75) is 51.6 Å². The van der Waals surface area contributed by atoms with Gasteiger partial charge in [-0.3, -0.25) is 9.48 Å². The fourth-order valence-electron chi connectivity index (χ4n) is 4.65. The van der Waals surface area contributed by atoms with Gasteiger partial charge in [-0.15, -0.1) is 0 Å². The summed E-state index contributed by atoms with van der Waals surface area (Å²) in [7, 11) is -1.21. The molecule has 2 fully saturated rings. The minimum absolute atomic E-state index is 0.103. The summed E-state index contributed by atoms with van der Waals surface area (Å²) < 4.78 is 27.5. The van der Waals surface area contributed by atoms with Gasteiger partial charge in [0.05, 0.1) is 34.6 Å². The Morgan fingerprint density at radius 1 is 1.12 bits per heavy atom. The molecular weight excluding hydrogens is 438 g/mol. The second kappa shape index (κ2) is 8.13. The second-order valence-corrected chi connectivity index (χ2v) is 11.5. The van der Waals surface area contributed by atoms with Crippen LogP contribution in [-0.4, -0.2) is 57.3 Å². The van der Waals surface area contributed by atoms with Crippen molar-refractivity contribution in [2.75, 3.05) is 18.6 Å². The Balaban J connectivity index is 1.41. The summed E-state index contributed by atoms with van der Waals surface area (Å²) in [6.45, 7) is 4.27. The lowest BCUT2D eigenvalue weighted by Gasteiger charge is -2.19. The van der Waals surface area contributed by atoms with E-state index in [1.165, 1.54) is 0 Å². The molecule has 1 saturated heterocycles. The molecule has 0 spiro atoms. The number of aryl methyl sites for hydroxylation is 1. The maximum absolute atomic E-state index is 13.5. The van der Waals surface area contributed by atoms with Crippen LogP contribution in [0.5, 0.6) is 0 Å². The molecule has 1 amide bonds. The van der Waals surface area contributed by atoms with Crippen LogP contribution in [0, 0.1) is 13.8 Å². The maximum Gasteiger partial charge on any atom is 0.272 e. The van der Waals surface area contributed by atoms with Crippen LogP contribution >= 0.6 is 0 Å². The van der Waals surface area contributed by atoms with Crippen LogP contribution in [0.3, 0.4) is 0 Å². The Kier molecular flexibility index (Phi) is 5.39. The standard InChI is InChI=1S/C24H29N5O3S/c1-16-21(17(2)28(25-16)20-11-12-33(31,32)15-20)14-27(3)24(30)23-13-22(18-9-10-18)26-29(23)19-7-5-4-6-8-19/h4-8,13,18,20H,9-12,14-15H2,1-3H3/t20-/m0/s1. The van der Waals surface area contributed by atoms with Crippen LogP contribution in [0.25, 0.3) is 5.69 Å². The first-order valence-electron chi connectivity index (χ1n) is 11.4. The number of amides is 1. The van der Waals surface area contributed by atoms with Gasteiger partial charge in [-0.1, -0.05) is 18.2 Å². The predicted octanol–water partition coefficient (Wildman–Crippen LogP) is 3.19. The van der Waals surface area contributed by atoms with Gasteiger partial charge < -0.3 is 4.90 Å². The molecule has 174 valence electrons. The Hall–Kier alpha value is -2.94. The van der Waals surface area contributed by atoms with Crippen molar-refractivity contribution in [2.24, 2.45) is 0 Å². The largest absolute Gasteiger partial charge is 0.336 e. The summed E-state index contributed by atoms with van der Waals surface area (Å²) in [6.07, 6.45) is 2.81. The highest BCUT2D eigenvalue weighted by Crippen LogP contribution is 2.40. The summed E-state index contributed by atoms with van der Waals surface area (Å²) in [5.41, 5.74) is 5.09. The fraction of sp³-hybridized carbons (Fsp3) is 0.458. The van der Waals surface area contributed by atoms with Crippen molar-refractivity contribution < 1.29 is 13.2 Å². The molecule has 2 aliphatic rings. The number of carbonyl (C=O) groups is 1. The smallest absolute Gasteiger partial charge is 0.272 e. The average molecular weight is 468 g/mol. The summed E-state index contributed by atoms with van der Waals surface area (Å²) >= 11 is 0. The fourth-order valence-corrected chi connectivity index (χ4v) is 6.34. The van der Waals surface area contributed by atoms with Gasteiger partial charge in [0, 0.05) is 30.8 Å². The summed E-state index contributed by atoms with van der Waals surface area (Å²) in [5, 5.41) is 9.39. The van der Waals surface area contributed by atoms with Crippen LogP contribution in [0.15, 0.2) is 36.4 Å². The van der Waals surface area contributed by atoms with E-state index in [4.69, 9.17) is 5.10 Å². The number of benzene rings is 1. The number of nitrogens with zero attached hydrogens (tertiary/aromatic N) is 5. The molecule has 1 atom stereocenters. The van der Waals surface area contributed by atoms with Gasteiger partial charge in [0.1, 0.15) is 5.69 Å². The number of para-hydroxylation sites is 1. The molecule has 1 aliphatic carbocycles. The molecule has 1 saturated carbocycles. The highest BCUT2D eigenvalue weighted by molar-refractivity contribution is 7.91. The van der Waals surface area contributed by atoms with Crippen molar-refractivity contribution in [1.82, 2.24) is 24.5 Å². The number of hydrogen-bond acceptors (Lipinski definition) is 5. The molecule has 9 heteroatoms. The van der Waals surface area contributed by atoms with E-state index in [0.29, 0.717) is 24.6 Å². The molecule has 1 aromatic carbocycles. The molecule has 2 aromatic heterocycles. The Morgan fingerprint density at radius 2 is 1.85 bits per heavy atom. The zero-order valence-electron chi connectivity index (χ0n) is 19.2. The molecular formula is C24H29N5O3S. The lowest BCUT2D eigenvalue weighted by Crippen LogP contribution is -2.28. The molecule has 3 heterocycles. The molecule has 3 aromatic rings. The van der Waals surface area contributed by atoms with E-state index in [2.05, 4.69) is 5.10 Å².